The first-order valence-corrected chi connectivity index (χ1v) is 7.85. The van der Waals surface area contributed by atoms with Crippen molar-refractivity contribution in [3.05, 3.63) is 30.6 Å². The minimum absolute atomic E-state index is 0.0945. The molecule has 1 aliphatic carbocycles. The quantitative estimate of drug-likeness (QED) is 0.862. The Labute approximate surface area is 129 Å². The predicted octanol–water partition coefficient (Wildman–Crippen LogP) is 2.63. The number of aryl methyl sites for hydroxylation is 1. The highest BCUT2D eigenvalue weighted by Crippen LogP contribution is 2.37. The fourth-order valence-electron chi connectivity index (χ4n) is 3.18. The highest BCUT2D eigenvalue weighted by Gasteiger charge is 2.41. The molecule has 0 radical (unpaired) electrons. The molecule has 0 aliphatic heterocycles. The number of rotatable bonds is 5. The fourth-order valence-corrected chi connectivity index (χ4v) is 3.18. The molecule has 1 N–H and O–H groups in total. The lowest BCUT2D eigenvalue weighted by molar-refractivity contribution is -0.127. The van der Waals surface area contributed by atoms with Crippen molar-refractivity contribution in [2.24, 2.45) is 5.41 Å². The van der Waals surface area contributed by atoms with E-state index < -0.39 is 5.41 Å². The van der Waals surface area contributed by atoms with Gasteiger partial charge in [-0.15, -0.1) is 0 Å². The van der Waals surface area contributed by atoms with Crippen molar-refractivity contribution in [2.75, 3.05) is 6.54 Å². The number of benzene rings is 1. The summed E-state index contributed by atoms with van der Waals surface area (Å²) in [6.07, 6.45) is 6.00. The first-order chi connectivity index (χ1) is 10.7. The van der Waals surface area contributed by atoms with Gasteiger partial charge in [0.25, 0.3) is 0 Å². The zero-order valence-electron chi connectivity index (χ0n) is 12.6. The molecule has 3 rings (SSSR count). The number of aromatic nitrogens is 2. The summed E-state index contributed by atoms with van der Waals surface area (Å²) in [5.74, 6) is -0.0945. The highest BCUT2D eigenvalue weighted by molar-refractivity contribution is 5.85. The van der Waals surface area contributed by atoms with Crippen molar-refractivity contribution >= 4 is 16.9 Å². The van der Waals surface area contributed by atoms with E-state index in [1.807, 2.05) is 30.6 Å². The first kappa shape index (κ1) is 14.6. The summed E-state index contributed by atoms with van der Waals surface area (Å²) in [6, 6.07) is 10.2. The van der Waals surface area contributed by atoms with Crippen molar-refractivity contribution in [3.8, 4) is 6.07 Å². The summed E-state index contributed by atoms with van der Waals surface area (Å²) in [4.78, 5) is 16.6. The molecular weight excluding hydrogens is 276 g/mol. The molecule has 1 aromatic carbocycles. The average Bonchev–Trinajstić information content (AvgIpc) is 3.19. The smallest absolute Gasteiger partial charge is 0.240 e. The van der Waals surface area contributed by atoms with Crippen molar-refractivity contribution in [1.29, 1.82) is 5.26 Å². The van der Waals surface area contributed by atoms with Crippen LogP contribution in [0.25, 0.3) is 11.0 Å². The van der Waals surface area contributed by atoms with E-state index in [-0.39, 0.29) is 5.91 Å². The van der Waals surface area contributed by atoms with Crippen LogP contribution in [-0.2, 0) is 11.3 Å². The van der Waals surface area contributed by atoms with Crippen LogP contribution in [0.2, 0.25) is 0 Å². The number of carbonyl (C=O) groups is 1. The molecule has 1 aliphatic rings. The number of carbonyl (C=O) groups excluding carboxylic acids is 1. The molecule has 5 heteroatoms. The van der Waals surface area contributed by atoms with Gasteiger partial charge in [0, 0.05) is 13.1 Å². The Balaban J connectivity index is 1.52. The molecule has 1 amide bonds. The SMILES string of the molecule is N#CC1(C(=O)NCCCn2cnc3ccccc32)CCCC1. The lowest BCUT2D eigenvalue weighted by atomic mass is 9.87. The van der Waals surface area contributed by atoms with Gasteiger partial charge in [-0.25, -0.2) is 4.98 Å². The van der Waals surface area contributed by atoms with Crippen LogP contribution in [0.3, 0.4) is 0 Å². The van der Waals surface area contributed by atoms with E-state index >= 15 is 0 Å². The molecule has 0 atom stereocenters. The number of hydrogen-bond donors (Lipinski definition) is 1. The minimum atomic E-state index is -0.776. The zero-order chi connectivity index (χ0) is 15.4. The molecule has 2 aromatic rings. The van der Waals surface area contributed by atoms with Gasteiger partial charge in [-0.2, -0.15) is 5.26 Å². The average molecular weight is 296 g/mol. The molecule has 0 unspecified atom stereocenters. The van der Waals surface area contributed by atoms with Gasteiger partial charge in [-0.1, -0.05) is 25.0 Å². The van der Waals surface area contributed by atoms with Crippen LogP contribution in [0, 0.1) is 16.7 Å². The van der Waals surface area contributed by atoms with Crippen molar-refractivity contribution < 1.29 is 4.79 Å². The Hall–Kier alpha value is -2.35. The summed E-state index contributed by atoms with van der Waals surface area (Å²) in [5, 5.41) is 12.2. The standard InChI is InChI=1S/C17H20N4O/c18-12-17(8-3-4-9-17)16(22)19-10-5-11-21-13-20-14-6-1-2-7-15(14)21/h1-2,6-7,13H,3-5,8-11H2,(H,19,22). The number of amides is 1. The van der Waals surface area contributed by atoms with Crippen LogP contribution >= 0.6 is 0 Å². The van der Waals surface area contributed by atoms with Crippen LogP contribution in [-0.4, -0.2) is 22.0 Å². The minimum Gasteiger partial charge on any atom is -0.355 e. The normalized spacial score (nSPS) is 16.5. The Bertz CT molecular complexity index is 707. The summed E-state index contributed by atoms with van der Waals surface area (Å²) < 4.78 is 2.09. The molecule has 5 nitrogen and oxygen atoms in total. The van der Waals surface area contributed by atoms with E-state index in [4.69, 9.17) is 0 Å². The second kappa shape index (κ2) is 6.18. The van der Waals surface area contributed by atoms with E-state index in [0.29, 0.717) is 19.4 Å². The number of fused-ring (bicyclic) bond motifs is 1. The molecule has 1 saturated carbocycles. The van der Waals surface area contributed by atoms with Crippen LogP contribution in [0.4, 0.5) is 0 Å². The Morgan fingerprint density at radius 1 is 1.36 bits per heavy atom. The Morgan fingerprint density at radius 2 is 2.14 bits per heavy atom. The van der Waals surface area contributed by atoms with Crippen LogP contribution < -0.4 is 5.32 Å². The van der Waals surface area contributed by atoms with Gasteiger partial charge >= 0.3 is 0 Å². The lowest BCUT2D eigenvalue weighted by Gasteiger charge is -2.19. The molecule has 22 heavy (non-hydrogen) atoms. The summed E-state index contributed by atoms with van der Waals surface area (Å²) in [6.45, 7) is 1.40. The largest absolute Gasteiger partial charge is 0.355 e. The van der Waals surface area contributed by atoms with Gasteiger partial charge in [0.2, 0.25) is 5.91 Å². The molecular formula is C17H20N4O. The van der Waals surface area contributed by atoms with E-state index in [1.54, 1.807) is 0 Å². The van der Waals surface area contributed by atoms with Crippen molar-refractivity contribution in [1.82, 2.24) is 14.9 Å². The second-order valence-corrected chi connectivity index (χ2v) is 5.94. The number of nitrogens with zero attached hydrogens (tertiary/aromatic N) is 3. The number of para-hydroxylation sites is 2. The number of imidazole rings is 1. The zero-order valence-corrected chi connectivity index (χ0v) is 12.6. The maximum absolute atomic E-state index is 12.2. The number of hydrogen-bond acceptors (Lipinski definition) is 3. The maximum atomic E-state index is 12.2. The van der Waals surface area contributed by atoms with Crippen LogP contribution in [0.5, 0.6) is 0 Å². The maximum Gasteiger partial charge on any atom is 0.240 e. The summed E-state index contributed by atoms with van der Waals surface area (Å²) >= 11 is 0. The third-order valence-corrected chi connectivity index (χ3v) is 4.49. The van der Waals surface area contributed by atoms with Crippen molar-refractivity contribution in [3.63, 3.8) is 0 Å². The fraction of sp³-hybridized carbons (Fsp3) is 0.471. The third-order valence-electron chi connectivity index (χ3n) is 4.49. The topological polar surface area (TPSA) is 70.7 Å². The predicted molar refractivity (Wildman–Crippen MR) is 83.9 cm³/mol. The molecule has 0 saturated heterocycles. The molecule has 1 fully saturated rings. The summed E-state index contributed by atoms with van der Waals surface area (Å²) in [5.41, 5.74) is 1.32. The lowest BCUT2D eigenvalue weighted by Crippen LogP contribution is -2.38. The molecule has 0 bridgehead atoms. The van der Waals surface area contributed by atoms with Crippen LogP contribution in [0.15, 0.2) is 30.6 Å². The van der Waals surface area contributed by atoms with Gasteiger partial charge < -0.3 is 9.88 Å². The van der Waals surface area contributed by atoms with Crippen LogP contribution in [0.1, 0.15) is 32.1 Å². The van der Waals surface area contributed by atoms with Gasteiger partial charge in [-0.3, -0.25) is 4.79 Å². The number of nitriles is 1. The molecule has 0 spiro atoms. The van der Waals surface area contributed by atoms with Gasteiger partial charge in [0.1, 0.15) is 5.41 Å². The van der Waals surface area contributed by atoms with Gasteiger partial charge in [0.05, 0.1) is 23.4 Å². The van der Waals surface area contributed by atoms with Gasteiger partial charge in [0.15, 0.2) is 0 Å². The van der Waals surface area contributed by atoms with E-state index in [2.05, 4.69) is 20.9 Å². The van der Waals surface area contributed by atoms with E-state index in [0.717, 1.165) is 36.8 Å². The highest BCUT2D eigenvalue weighted by atomic mass is 16.2. The number of nitrogens with one attached hydrogen (secondary N) is 1. The van der Waals surface area contributed by atoms with E-state index in [9.17, 15) is 10.1 Å². The summed E-state index contributed by atoms with van der Waals surface area (Å²) in [7, 11) is 0. The van der Waals surface area contributed by atoms with E-state index in [1.165, 1.54) is 0 Å². The third kappa shape index (κ3) is 2.69. The second-order valence-electron chi connectivity index (χ2n) is 5.94. The first-order valence-electron chi connectivity index (χ1n) is 7.85. The van der Waals surface area contributed by atoms with Gasteiger partial charge in [-0.05, 0) is 31.4 Å². The molecule has 114 valence electrons. The Kier molecular flexibility index (Phi) is 4.10. The monoisotopic (exact) mass is 296 g/mol. The molecule has 1 aromatic heterocycles. The Morgan fingerprint density at radius 3 is 2.91 bits per heavy atom. The van der Waals surface area contributed by atoms with Crippen molar-refractivity contribution in [2.45, 2.75) is 38.6 Å². The molecule has 1 heterocycles.